The summed E-state index contributed by atoms with van der Waals surface area (Å²) in [4.78, 5) is 12.6. The molecule has 7 heteroatoms. The van der Waals surface area contributed by atoms with Crippen LogP contribution < -0.4 is 5.32 Å². The van der Waals surface area contributed by atoms with Gasteiger partial charge in [0, 0.05) is 25.7 Å². The predicted octanol–water partition coefficient (Wildman–Crippen LogP) is 2.54. The zero-order chi connectivity index (χ0) is 16.9. The number of nitrogens with zero attached hydrogens (tertiary/aromatic N) is 2. The minimum Gasteiger partial charge on any atom is -0.352 e. The first-order chi connectivity index (χ1) is 11.5. The molecule has 0 radical (unpaired) electrons. The van der Waals surface area contributed by atoms with E-state index in [0.29, 0.717) is 37.5 Å². The molecule has 24 heavy (non-hydrogen) atoms. The largest absolute Gasteiger partial charge is 0.352 e. The molecular weight excluding hydrogens is 326 g/mol. The van der Waals surface area contributed by atoms with E-state index in [4.69, 9.17) is 0 Å². The lowest BCUT2D eigenvalue weighted by atomic mass is 9.54. The lowest BCUT2D eigenvalue weighted by Gasteiger charge is -2.55. The quantitative estimate of drug-likeness (QED) is 0.721. The highest BCUT2D eigenvalue weighted by Gasteiger charge is 2.48. The maximum Gasteiger partial charge on any atom is 0.236 e. The number of carbonyl (C=O) groups excluding carboxylic acids is 1. The number of carbonyl (C=O) groups is 1. The van der Waals surface area contributed by atoms with Crippen LogP contribution in [0.25, 0.3) is 0 Å². The number of hydrogen-bond acceptors (Lipinski definition) is 5. The Hall–Kier alpha value is -0.340. The van der Waals surface area contributed by atoms with Gasteiger partial charge >= 0.3 is 0 Å². The van der Waals surface area contributed by atoms with Gasteiger partial charge in [-0.1, -0.05) is 17.9 Å². The zero-order valence-corrected chi connectivity index (χ0v) is 15.4. The average Bonchev–Trinajstić information content (AvgIpc) is 2.52. The first-order valence-electron chi connectivity index (χ1n) is 9.55. The Labute approximate surface area is 146 Å². The van der Waals surface area contributed by atoms with E-state index in [-0.39, 0.29) is 12.5 Å². The van der Waals surface area contributed by atoms with Crippen molar-refractivity contribution in [3.05, 3.63) is 0 Å². The van der Waals surface area contributed by atoms with Crippen LogP contribution >= 0.6 is 11.0 Å². The standard InChI is InChI=1S/C17H31N3O3S/c1-2-19-4-3-5-20(24(19,22)23)11-16(21)18-17-14-7-12-6-13(9-14)10-15(17)8-12/h12-15,17,22-23H,2-11H2,1H3,(H,18,21). The highest BCUT2D eigenvalue weighted by molar-refractivity contribution is 8.20. The molecule has 5 aliphatic rings. The number of nitrogens with one attached hydrogen (secondary N) is 1. The van der Waals surface area contributed by atoms with Gasteiger partial charge in [0.25, 0.3) is 0 Å². The first-order valence-corrected chi connectivity index (χ1v) is 11.0. The van der Waals surface area contributed by atoms with Gasteiger partial charge in [-0.25, -0.2) is 0 Å². The summed E-state index contributed by atoms with van der Waals surface area (Å²) in [7, 11) is -2.96. The molecule has 0 spiro atoms. The summed E-state index contributed by atoms with van der Waals surface area (Å²) in [6, 6.07) is 0.319. The molecule has 0 aromatic heterocycles. The Bertz CT molecular complexity index is 467. The van der Waals surface area contributed by atoms with Crippen molar-refractivity contribution in [3.8, 4) is 0 Å². The first kappa shape index (κ1) is 17.1. The van der Waals surface area contributed by atoms with E-state index in [1.807, 2.05) is 6.92 Å². The van der Waals surface area contributed by atoms with Crippen molar-refractivity contribution in [1.82, 2.24) is 13.9 Å². The molecular formula is C17H31N3O3S. The monoisotopic (exact) mass is 357 g/mol. The van der Waals surface area contributed by atoms with Crippen molar-refractivity contribution in [2.24, 2.45) is 23.7 Å². The van der Waals surface area contributed by atoms with Crippen molar-refractivity contribution >= 4 is 16.9 Å². The highest BCUT2D eigenvalue weighted by atomic mass is 32.3. The van der Waals surface area contributed by atoms with E-state index in [0.717, 1.165) is 18.3 Å². The lowest BCUT2D eigenvalue weighted by Crippen LogP contribution is -2.57. The smallest absolute Gasteiger partial charge is 0.236 e. The second-order valence-electron chi connectivity index (χ2n) is 8.25. The minimum absolute atomic E-state index is 0.0367. The molecule has 6 nitrogen and oxygen atoms in total. The summed E-state index contributed by atoms with van der Waals surface area (Å²) in [6.45, 7) is 3.88. The summed E-state index contributed by atoms with van der Waals surface area (Å²) >= 11 is 0. The third kappa shape index (κ3) is 2.98. The van der Waals surface area contributed by atoms with Crippen molar-refractivity contribution in [3.63, 3.8) is 0 Å². The van der Waals surface area contributed by atoms with Crippen LogP contribution in [0, 0.1) is 23.7 Å². The van der Waals surface area contributed by atoms with Gasteiger partial charge in [-0.3, -0.25) is 13.9 Å². The molecule has 3 N–H and O–H groups in total. The molecule has 1 aliphatic heterocycles. The fraction of sp³-hybridized carbons (Fsp3) is 0.941. The third-order valence-electron chi connectivity index (χ3n) is 6.73. The summed E-state index contributed by atoms with van der Waals surface area (Å²) in [5.41, 5.74) is 0. The van der Waals surface area contributed by atoms with Gasteiger partial charge < -0.3 is 5.32 Å². The van der Waals surface area contributed by atoms with Crippen molar-refractivity contribution in [1.29, 1.82) is 0 Å². The molecule has 1 amide bonds. The Kier molecular flexibility index (Phi) is 4.58. The van der Waals surface area contributed by atoms with Crippen LogP contribution in [0.1, 0.15) is 45.4 Å². The molecule has 4 bridgehead atoms. The van der Waals surface area contributed by atoms with Crippen LogP contribution in [-0.4, -0.2) is 55.8 Å². The summed E-state index contributed by atoms with van der Waals surface area (Å²) in [5.74, 6) is 3.06. The highest BCUT2D eigenvalue weighted by Crippen LogP contribution is 2.54. The molecule has 0 aromatic rings. The molecule has 1 heterocycles. The summed E-state index contributed by atoms with van der Waals surface area (Å²) < 4.78 is 24.2. The molecule has 4 aliphatic carbocycles. The van der Waals surface area contributed by atoms with E-state index < -0.39 is 11.0 Å². The van der Waals surface area contributed by atoms with E-state index >= 15 is 0 Å². The van der Waals surface area contributed by atoms with Crippen LogP contribution in [0.4, 0.5) is 0 Å². The van der Waals surface area contributed by atoms with Gasteiger partial charge in [-0.05, 0) is 62.2 Å². The van der Waals surface area contributed by atoms with Gasteiger partial charge in [-0.2, -0.15) is 8.61 Å². The molecule has 0 aromatic carbocycles. The molecule has 4 saturated carbocycles. The predicted molar refractivity (Wildman–Crippen MR) is 95.3 cm³/mol. The third-order valence-corrected chi connectivity index (χ3v) is 8.87. The number of rotatable bonds is 4. The van der Waals surface area contributed by atoms with Gasteiger partial charge in [0.05, 0.1) is 6.54 Å². The van der Waals surface area contributed by atoms with Crippen LogP contribution in [0.3, 0.4) is 0 Å². The van der Waals surface area contributed by atoms with Crippen molar-refractivity contribution in [2.45, 2.75) is 51.5 Å². The Morgan fingerprint density at radius 1 is 1.04 bits per heavy atom. The van der Waals surface area contributed by atoms with Gasteiger partial charge in [0.2, 0.25) is 5.91 Å². The lowest BCUT2D eigenvalue weighted by molar-refractivity contribution is -0.125. The van der Waals surface area contributed by atoms with Crippen LogP contribution in [0.5, 0.6) is 0 Å². The van der Waals surface area contributed by atoms with Crippen LogP contribution in [-0.2, 0) is 4.79 Å². The molecule has 5 rings (SSSR count). The minimum atomic E-state index is -2.96. The zero-order valence-electron chi connectivity index (χ0n) is 14.6. The normalized spacial score (nSPS) is 42.9. The number of amides is 1. The molecule has 1 saturated heterocycles. The maximum absolute atomic E-state index is 12.6. The fourth-order valence-corrected chi connectivity index (χ4v) is 7.59. The van der Waals surface area contributed by atoms with Crippen LogP contribution in [0.15, 0.2) is 0 Å². The maximum atomic E-state index is 12.6. The Morgan fingerprint density at radius 3 is 2.21 bits per heavy atom. The molecule has 0 unspecified atom stereocenters. The van der Waals surface area contributed by atoms with Crippen molar-refractivity contribution < 1.29 is 13.9 Å². The molecule has 0 atom stereocenters. The van der Waals surface area contributed by atoms with E-state index in [1.165, 1.54) is 32.1 Å². The van der Waals surface area contributed by atoms with Gasteiger partial charge in [0.15, 0.2) is 0 Å². The van der Waals surface area contributed by atoms with E-state index in [2.05, 4.69) is 5.32 Å². The second kappa shape index (κ2) is 6.43. The molecule has 138 valence electrons. The summed E-state index contributed by atoms with van der Waals surface area (Å²) in [5, 5.41) is 3.27. The molecule has 5 fully saturated rings. The van der Waals surface area contributed by atoms with Crippen molar-refractivity contribution in [2.75, 3.05) is 26.2 Å². The Balaban J connectivity index is 1.37. The number of hydrogen-bond donors (Lipinski definition) is 3. The second-order valence-corrected chi connectivity index (χ2v) is 10.3. The summed E-state index contributed by atoms with van der Waals surface area (Å²) in [6.07, 6.45) is 7.39. The fourth-order valence-electron chi connectivity index (χ4n) is 5.88. The van der Waals surface area contributed by atoms with Crippen LogP contribution in [0.2, 0.25) is 0 Å². The average molecular weight is 358 g/mol. The SMILES string of the molecule is CCN1CCCN(CC(=O)NC2C3CC4CC(C3)CC2C4)S1(O)O. The van der Waals surface area contributed by atoms with Gasteiger partial charge in [-0.15, -0.1) is 0 Å². The van der Waals surface area contributed by atoms with E-state index in [1.54, 1.807) is 8.61 Å². The Morgan fingerprint density at radius 2 is 1.62 bits per heavy atom. The topological polar surface area (TPSA) is 76.0 Å². The van der Waals surface area contributed by atoms with E-state index in [9.17, 15) is 13.9 Å². The van der Waals surface area contributed by atoms with Gasteiger partial charge in [0.1, 0.15) is 0 Å².